The number of aromatic nitrogens is 2. The number of hydrogen-bond donors (Lipinski definition) is 0. The Morgan fingerprint density at radius 2 is 1.10 bits per heavy atom. The summed E-state index contributed by atoms with van der Waals surface area (Å²) in [7, 11) is 0. The van der Waals surface area contributed by atoms with Crippen molar-refractivity contribution in [1.82, 2.24) is 8.97 Å². The number of nitrogens with zero attached hydrogens (tertiary/aromatic N) is 3. The standard InChI is InChI=1S/C66H48BN3S/c1-65(2,3)41-25-28-43(29-26-41)68-55-33-40(38-24-30-45-39(32-38)23-22-37-14-7-8-15-44(37)45)34-56-59(55)67(64-62(68)51-35-42(66(4,5)6)27-31-57(51)71-64)52-36-50-48-19-13-18-47-46-16-9-11-20-53(46)70(60(47)48)61(50)58-49-17-10-12-21-54(49)69(56)63(52)58/h7-36H,1-6H3. The molecule has 3 nitrogen and oxygen atoms in total. The Bertz CT molecular complexity index is 4670. The first-order valence-electron chi connectivity index (χ1n) is 25.2. The third kappa shape index (κ3) is 5.19. The van der Waals surface area contributed by atoms with Gasteiger partial charge in [0.1, 0.15) is 0 Å². The van der Waals surface area contributed by atoms with E-state index < -0.39 is 0 Å². The van der Waals surface area contributed by atoms with Crippen LogP contribution in [0.1, 0.15) is 52.7 Å². The lowest BCUT2D eigenvalue weighted by Gasteiger charge is -2.39. The Balaban J connectivity index is 1.09. The van der Waals surface area contributed by atoms with Gasteiger partial charge in [0.2, 0.25) is 0 Å². The van der Waals surface area contributed by atoms with Crippen molar-refractivity contribution in [3.63, 3.8) is 0 Å². The highest BCUT2D eigenvalue weighted by Gasteiger charge is 2.45. The van der Waals surface area contributed by atoms with E-state index in [1.54, 1.807) is 0 Å². The number of benzene rings is 10. The molecule has 0 aliphatic carbocycles. The van der Waals surface area contributed by atoms with Gasteiger partial charge in [-0.1, -0.05) is 169 Å². The zero-order valence-electron chi connectivity index (χ0n) is 40.6. The third-order valence-corrected chi connectivity index (χ3v) is 17.7. The molecule has 0 fully saturated rings. The fourth-order valence-corrected chi connectivity index (χ4v) is 14.4. The van der Waals surface area contributed by atoms with Crippen LogP contribution in [0, 0.1) is 0 Å². The Morgan fingerprint density at radius 3 is 1.90 bits per heavy atom. The zero-order chi connectivity index (χ0) is 47.4. The van der Waals surface area contributed by atoms with E-state index in [0.717, 1.165) is 0 Å². The SMILES string of the molecule is CC(C)(C)c1ccc(N2c3cc(-c4ccc5c(ccc6ccccc65)c4)cc4c3B(c3sc5ccc(C(C)(C)C)cc5c32)c2cc3c5cccc6c7ccccc7n(c65)c3c3c5ccccc5n-4c23)cc1. The molecule has 0 spiro atoms. The molecule has 10 aromatic carbocycles. The maximum Gasteiger partial charge on any atom is 0.264 e. The highest BCUT2D eigenvalue weighted by Crippen LogP contribution is 2.51. The van der Waals surface area contributed by atoms with Gasteiger partial charge in [-0.15, -0.1) is 11.3 Å². The first-order valence-corrected chi connectivity index (χ1v) is 26.0. The van der Waals surface area contributed by atoms with Crippen molar-refractivity contribution >= 4 is 142 Å². The number of fused-ring (bicyclic) bond motifs is 19. The predicted molar refractivity (Wildman–Crippen MR) is 308 cm³/mol. The molecule has 0 saturated carbocycles. The lowest BCUT2D eigenvalue weighted by molar-refractivity contribution is 0.590. The molecule has 0 saturated heterocycles. The number of anilines is 3. The summed E-state index contributed by atoms with van der Waals surface area (Å²) in [5.41, 5.74) is 19.3. The van der Waals surface area contributed by atoms with Crippen molar-refractivity contribution in [2.24, 2.45) is 0 Å². The Hall–Kier alpha value is -7.86. The maximum atomic E-state index is 2.66. The molecule has 71 heavy (non-hydrogen) atoms. The molecule has 0 unspecified atom stereocenters. The lowest BCUT2D eigenvalue weighted by Crippen LogP contribution is -2.59. The van der Waals surface area contributed by atoms with Gasteiger partial charge in [0.15, 0.2) is 0 Å². The Morgan fingerprint density at radius 1 is 0.437 bits per heavy atom. The van der Waals surface area contributed by atoms with Crippen LogP contribution in [0.5, 0.6) is 0 Å². The van der Waals surface area contributed by atoms with Crippen LogP contribution in [-0.2, 0) is 10.8 Å². The molecule has 2 aliphatic heterocycles. The van der Waals surface area contributed by atoms with Crippen LogP contribution in [0.15, 0.2) is 182 Å². The van der Waals surface area contributed by atoms with Gasteiger partial charge in [-0.2, -0.15) is 0 Å². The van der Waals surface area contributed by atoms with Gasteiger partial charge in [0.25, 0.3) is 6.71 Å². The van der Waals surface area contributed by atoms with E-state index in [2.05, 4.69) is 237 Å². The van der Waals surface area contributed by atoms with Crippen molar-refractivity contribution < 1.29 is 0 Å². The van der Waals surface area contributed by atoms with Crippen molar-refractivity contribution in [2.45, 2.75) is 52.4 Å². The van der Waals surface area contributed by atoms with Gasteiger partial charge >= 0.3 is 0 Å². The molecule has 0 N–H and O–H groups in total. The monoisotopic (exact) mass is 925 g/mol. The molecule has 16 rings (SSSR count). The maximum absolute atomic E-state index is 2.66. The topological polar surface area (TPSA) is 12.6 Å². The Labute approximate surface area is 416 Å². The van der Waals surface area contributed by atoms with Gasteiger partial charge in [-0.25, -0.2) is 0 Å². The van der Waals surface area contributed by atoms with E-state index >= 15 is 0 Å². The molecule has 0 atom stereocenters. The third-order valence-electron chi connectivity index (χ3n) is 16.5. The summed E-state index contributed by atoms with van der Waals surface area (Å²) >= 11 is 1.99. The summed E-state index contributed by atoms with van der Waals surface area (Å²) in [6.07, 6.45) is 0. The van der Waals surface area contributed by atoms with Crippen LogP contribution in [0.3, 0.4) is 0 Å². The van der Waals surface area contributed by atoms with E-state index in [-0.39, 0.29) is 17.5 Å². The second-order valence-corrected chi connectivity index (χ2v) is 23.6. The summed E-state index contributed by atoms with van der Waals surface area (Å²) in [4.78, 5) is 2.65. The van der Waals surface area contributed by atoms with Gasteiger partial charge in [0.05, 0.1) is 33.3 Å². The summed E-state index contributed by atoms with van der Waals surface area (Å²) in [6, 6.07) is 70.1. The van der Waals surface area contributed by atoms with E-state index in [1.165, 1.54) is 152 Å². The van der Waals surface area contributed by atoms with Crippen LogP contribution < -0.4 is 20.6 Å². The summed E-state index contributed by atoms with van der Waals surface area (Å²) < 4.78 is 8.00. The van der Waals surface area contributed by atoms with Crippen molar-refractivity contribution in [3.8, 4) is 16.8 Å². The first kappa shape index (κ1) is 39.9. The average Bonchev–Trinajstić information content (AvgIpc) is 4.14. The van der Waals surface area contributed by atoms with Crippen molar-refractivity contribution in [1.29, 1.82) is 0 Å². The number of rotatable bonds is 2. The molecular formula is C66H48BN3S. The predicted octanol–water partition coefficient (Wildman–Crippen LogP) is 16.3. The molecule has 4 aromatic heterocycles. The lowest BCUT2D eigenvalue weighted by atomic mass is 9.36. The second kappa shape index (κ2) is 13.5. The first-order chi connectivity index (χ1) is 34.5. The highest BCUT2D eigenvalue weighted by atomic mass is 32.1. The van der Waals surface area contributed by atoms with Crippen LogP contribution >= 0.6 is 11.3 Å². The minimum Gasteiger partial charge on any atom is -0.310 e. The van der Waals surface area contributed by atoms with E-state index in [9.17, 15) is 0 Å². The summed E-state index contributed by atoms with van der Waals surface area (Å²) in [5, 5.41) is 14.3. The largest absolute Gasteiger partial charge is 0.310 e. The number of hydrogen-bond acceptors (Lipinski definition) is 2. The molecule has 2 aliphatic rings. The Kier molecular flexibility index (Phi) is 7.60. The van der Waals surface area contributed by atoms with Gasteiger partial charge < -0.3 is 13.9 Å². The molecule has 14 aromatic rings. The second-order valence-electron chi connectivity index (χ2n) is 22.5. The molecule has 0 bridgehead atoms. The molecule has 6 heterocycles. The fourth-order valence-electron chi connectivity index (χ4n) is 13.1. The molecular weight excluding hydrogens is 878 g/mol. The van der Waals surface area contributed by atoms with Crippen molar-refractivity contribution in [3.05, 3.63) is 193 Å². The minimum absolute atomic E-state index is 0.00637. The normalized spacial score (nSPS) is 13.7. The average molecular weight is 926 g/mol. The molecule has 5 heteroatoms. The number of thiophene rings is 1. The number of para-hydroxylation sites is 3. The van der Waals surface area contributed by atoms with Gasteiger partial charge in [-0.05, 0) is 120 Å². The molecule has 0 radical (unpaired) electrons. The van der Waals surface area contributed by atoms with Gasteiger partial charge in [-0.3, -0.25) is 0 Å². The molecule has 0 amide bonds. The van der Waals surface area contributed by atoms with Crippen LogP contribution in [-0.4, -0.2) is 15.7 Å². The molecule has 336 valence electrons. The van der Waals surface area contributed by atoms with E-state index in [0.29, 0.717) is 0 Å². The van der Waals surface area contributed by atoms with Crippen LogP contribution in [0.25, 0.3) is 108 Å². The quantitative estimate of drug-likeness (QED) is 0.124. The zero-order valence-corrected chi connectivity index (χ0v) is 41.5. The highest BCUT2D eigenvalue weighted by molar-refractivity contribution is 7.33. The van der Waals surface area contributed by atoms with E-state index in [4.69, 9.17) is 0 Å². The smallest absolute Gasteiger partial charge is 0.264 e. The van der Waals surface area contributed by atoms with Crippen LogP contribution in [0.2, 0.25) is 0 Å². The van der Waals surface area contributed by atoms with Crippen molar-refractivity contribution in [2.75, 3.05) is 4.90 Å². The summed E-state index contributed by atoms with van der Waals surface area (Å²) in [6.45, 7) is 14.0. The fraction of sp³-hybridized carbons (Fsp3) is 0.121. The van der Waals surface area contributed by atoms with Gasteiger partial charge in [0, 0.05) is 64.2 Å². The minimum atomic E-state index is -0.0177. The van der Waals surface area contributed by atoms with Crippen LogP contribution in [0.4, 0.5) is 17.1 Å². The summed E-state index contributed by atoms with van der Waals surface area (Å²) in [5.74, 6) is 0. The van der Waals surface area contributed by atoms with E-state index in [1.807, 2.05) is 11.3 Å².